The molecular formula is C18H18N4O3S2. The maximum atomic E-state index is 12.5. The highest BCUT2D eigenvalue weighted by atomic mass is 32.2. The zero-order chi connectivity index (χ0) is 19.2. The first-order valence-corrected chi connectivity index (χ1v) is 10.1. The van der Waals surface area contributed by atoms with Crippen LogP contribution in [0.15, 0.2) is 52.3 Å². The Hall–Kier alpha value is -2.65. The summed E-state index contributed by atoms with van der Waals surface area (Å²) in [5, 5.41) is 15.1. The second-order valence-corrected chi connectivity index (χ2v) is 7.51. The highest BCUT2D eigenvalue weighted by Crippen LogP contribution is 2.26. The Bertz CT molecular complexity index is 908. The van der Waals surface area contributed by atoms with Crippen LogP contribution in [0.25, 0.3) is 11.4 Å². The van der Waals surface area contributed by atoms with Gasteiger partial charge in [0, 0.05) is 16.6 Å². The third-order valence-corrected chi connectivity index (χ3v) is 4.93. The van der Waals surface area contributed by atoms with Gasteiger partial charge in [0.25, 0.3) is 0 Å². The molecule has 0 aliphatic carbocycles. The molecule has 1 amide bonds. The normalized spacial score (nSPS) is 10.8. The molecule has 3 rings (SSSR count). The highest BCUT2D eigenvalue weighted by molar-refractivity contribution is 7.99. The lowest BCUT2D eigenvalue weighted by Gasteiger charge is -2.11. The summed E-state index contributed by atoms with van der Waals surface area (Å²) in [5.41, 5.74) is 1.48. The van der Waals surface area contributed by atoms with Crippen LogP contribution in [0.3, 0.4) is 0 Å². The molecule has 1 aromatic carbocycles. The number of aromatic nitrogens is 3. The van der Waals surface area contributed by atoms with Gasteiger partial charge < -0.3 is 10.1 Å². The van der Waals surface area contributed by atoms with Crippen molar-refractivity contribution in [3.63, 3.8) is 0 Å². The molecule has 0 unspecified atom stereocenters. The van der Waals surface area contributed by atoms with E-state index in [0.29, 0.717) is 16.7 Å². The summed E-state index contributed by atoms with van der Waals surface area (Å²) in [6.07, 6.45) is -0.850. The third kappa shape index (κ3) is 4.95. The molecule has 1 N–H and O–H groups in total. The molecule has 2 aromatic heterocycles. The molecule has 0 fully saturated rings. The van der Waals surface area contributed by atoms with E-state index in [9.17, 15) is 9.59 Å². The van der Waals surface area contributed by atoms with Crippen molar-refractivity contribution in [1.82, 2.24) is 14.8 Å². The summed E-state index contributed by atoms with van der Waals surface area (Å²) in [6, 6.07) is 11.0. The standard InChI is InChI=1S/C18H18N4O3S2/c1-12(2)25-18(24)22-16(13-8-9-26-10-13)20-21-17(22)27-11-15(23)19-14-6-4-3-5-7-14/h3-10,12H,11H2,1-2H3,(H,19,23). The predicted molar refractivity (Wildman–Crippen MR) is 106 cm³/mol. The number of anilines is 1. The summed E-state index contributed by atoms with van der Waals surface area (Å²) in [4.78, 5) is 24.7. The summed E-state index contributed by atoms with van der Waals surface area (Å²) < 4.78 is 6.62. The zero-order valence-electron chi connectivity index (χ0n) is 14.8. The lowest BCUT2D eigenvalue weighted by Crippen LogP contribution is -2.20. The lowest BCUT2D eigenvalue weighted by atomic mass is 10.3. The monoisotopic (exact) mass is 402 g/mol. The average molecular weight is 403 g/mol. The minimum Gasteiger partial charge on any atom is -0.446 e. The van der Waals surface area contributed by atoms with E-state index >= 15 is 0 Å². The van der Waals surface area contributed by atoms with Crippen LogP contribution in [0.5, 0.6) is 0 Å². The molecule has 2 heterocycles. The van der Waals surface area contributed by atoms with Gasteiger partial charge in [-0.05, 0) is 37.4 Å². The van der Waals surface area contributed by atoms with Gasteiger partial charge in [-0.15, -0.1) is 10.2 Å². The van der Waals surface area contributed by atoms with Crippen LogP contribution in [0.2, 0.25) is 0 Å². The number of benzene rings is 1. The quantitative estimate of drug-likeness (QED) is 0.624. The molecule has 0 aliphatic heterocycles. The van der Waals surface area contributed by atoms with Crippen LogP contribution >= 0.6 is 23.1 Å². The van der Waals surface area contributed by atoms with Crippen molar-refractivity contribution < 1.29 is 14.3 Å². The van der Waals surface area contributed by atoms with Crippen molar-refractivity contribution in [3.05, 3.63) is 47.2 Å². The minimum atomic E-state index is -0.567. The molecule has 0 bridgehead atoms. The fraction of sp³-hybridized carbons (Fsp3) is 0.222. The second kappa shape index (κ2) is 8.83. The molecule has 0 saturated carbocycles. The Kier molecular flexibility index (Phi) is 6.25. The van der Waals surface area contributed by atoms with E-state index in [0.717, 1.165) is 17.3 Å². The number of para-hydroxylation sites is 1. The minimum absolute atomic E-state index is 0.0889. The molecule has 0 aliphatic rings. The molecule has 27 heavy (non-hydrogen) atoms. The summed E-state index contributed by atoms with van der Waals surface area (Å²) in [6.45, 7) is 3.54. The molecule has 0 atom stereocenters. The Morgan fingerprint density at radius 2 is 2.00 bits per heavy atom. The first kappa shape index (κ1) is 19.1. The maximum Gasteiger partial charge on any atom is 0.422 e. The smallest absolute Gasteiger partial charge is 0.422 e. The number of ether oxygens (including phenoxy) is 1. The Morgan fingerprint density at radius 1 is 1.22 bits per heavy atom. The highest BCUT2D eigenvalue weighted by Gasteiger charge is 2.23. The van der Waals surface area contributed by atoms with Crippen LogP contribution in [-0.4, -0.2) is 38.6 Å². The van der Waals surface area contributed by atoms with Gasteiger partial charge in [-0.1, -0.05) is 30.0 Å². The van der Waals surface area contributed by atoms with Crippen LogP contribution in [0.1, 0.15) is 13.8 Å². The van der Waals surface area contributed by atoms with E-state index in [1.807, 2.05) is 35.0 Å². The molecule has 0 radical (unpaired) electrons. The number of carbonyl (C=O) groups excluding carboxylic acids is 2. The van der Waals surface area contributed by atoms with Crippen LogP contribution in [0, 0.1) is 0 Å². The average Bonchev–Trinajstić information content (AvgIpc) is 3.29. The van der Waals surface area contributed by atoms with E-state index in [-0.39, 0.29) is 17.8 Å². The molecule has 0 saturated heterocycles. The van der Waals surface area contributed by atoms with E-state index in [4.69, 9.17) is 4.74 Å². The van der Waals surface area contributed by atoms with Gasteiger partial charge in [0.15, 0.2) is 5.82 Å². The van der Waals surface area contributed by atoms with Gasteiger partial charge in [-0.2, -0.15) is 11.3 Å². The third-order valence-electron chi connectivity index (χ3n) is 3.32. The van der Waals surface area contributed by atoms with Crippen LogP contribution in [-0.2, 0) is 9.53 Å². The molecule has 9 heteroatoms. The first-order chi connectivity index (χ1) is 13.0. The Labute approximate surface area is 164 Å². The number of carbonyl (C=O) groups is 2. The Balaban J connectivity index is 1.76. The van der Waals surface area contributed by atoms with Gasteiger partial charge in [0.1, 0.15) is 0 Å². The Morgan fingerprint density at radius 3 is 2.67 bits per heavy atom. The number of thiophene rings is 1. The van der Waals surface area contributed by atoms with Crippen LogP contribution < -0.4 is 5.32 Å². The topological polar surface area (TPSA) is 86.1 Å². The van der Waals surface area contributed by atoms with Crippen LogP contribution in [0.4, 0.5) is 10.5 Å². The summed E-state index contributed by atoms with van der Waals surface area (Å²) in [7, 11) is 0. The molecule has 3 aromatic rings. The van der Waals surface area contributed by atoms with E-state index in [1.165, 1.54) is 15.9 Å². The van der Waals surface area contributed by atoms with Crippen molar-refractivity contribution in [2.45, 2.75) is 25.1 Å². The largest absolute Gasteiger partial charge is 0.446 e. The molecule has 0 spiro atoms. The van der Waals surface area contributed by atoms with Crippen molar-refractivity contribution in [2.24, 2.45) is 0 Å². The number of hydrogen-bond acceptors (Lipinski definition) is 7. The van der Waals surface area contributed by atoms with Crippen molar-refractivity contribution in [1.29, 1.82) is 0 Å². The lowest BCUT2D eigenvalue weighted by molar-refractivity contribution is -0.113. The number of nitrogens with one attached hydrogen (secondary N) is 1. The fourth-order valence-corrected chi connectivity index (χ4v) is 3.57. The number of nitrogens with zero attached hydrogens (tertiary/aromatic N) is 3. The number of hydrogen-bond donors (Lipinski definition) is 1. The van der Waals surface area contributed by atoms with Crippen molar-refractivity contribution in [3.8, 4) is 11.4 Å². The number of amides is 1. The van der Waals surface area contributed by atoms with Crippen molar-refractivity contribution in [2.75, 3.05) is 11.1 Å². The summed E-state index contributed by atoms with van der Waals surface area (Å²) >= 11 is 2.62. The second-order valence-electron chi connectivity index (χ2n) is 5.79. The molecular weight excluding hydrogens is 384 g/mol. The van der Waals surface area contributed by atoms with Gasteiger partial charge in [-0.25, -0.2) is 9.36 Å². The summed E-state index contributed by atoms with van der Waals surface area (Å²) in [5.74, 6) is 0.286. The van der Waals surface area contributed by atoms with Crippen molar-refractivity contribution >= 4 is 40.8 Å². The van der Waals surface area contributed by atoms with Gasteiger partial charge >= 0.3 is 6.09 Å². The fourth-order valence-electron chi connectivity index (χ4n) is 2.21. The van der Waals surface area contributed by atoms with E-state index < -0.39 is 6.09 Å². The molecule has 7 nitrogen and oxygen atoms in total. The predicted octanol–water partition coefficient (Wildman–Crippen LogP) is 4.13. The SMILES string of the molecule is CC(C)OC(=O)n1c(SCC(=O)Nc2ccccc2)nnc1-c1ccsc1. The number of rotatable bonds is 6. The zero-order valence-corrected chi connectivity index (χ0v) is 16.4. The maximum absolute atomic E-state index is 12.5. The molecule has 140 valence electrons. The van der Waals surface area contributed by atoms with E-state index in [1.54, 1.807) is 26.0 Å². The van der Waals surface area contributed by atoms with Gasteiger partial charge in [0.05, 0.1) is 11.9 Å². The first-order valence-electron chi connectivity index (χ1n) is 8.21. The van der Waals surface area contributed by atoms with E-state index in [2.05, 4.69) is 15.5 Å². The number of thioether (sulfide) groups is 1. The van der Waals surface area contributed by atoms with Gasteiger partial charge in [-0.3, -0.25) is 4.79 Å². The van der Waals surface area contributed by atoms with Gasteiger partial charge in [0.2, 0.25) is 11.1 Å².